The molecule has 0 nitrogen and oxygen atoms in total. The second-order valence-corrected chi connectivity index (χ2v) is 4.11. The maximum Gasteiger partial charge on any atom is 0.416 e. The van der Waals surface area contributed by atoms with E-state index in [1.165, 1.54) is 6.07 Å². The van der Waals surface area contributed by atoms with E-state index in [1.54, 1.807) is 0 Å². The lowest BCUT2D eigenvalue weighted by Crippen LogP contribution is -2.04. The van der Waals surface area contributed by atoms with Crippen molar-refractivity contribution in [1.82, 2.24) is 0 Å². The Kier molecular flexibility index (Phi) is 3.74. The smallest absolute Gasteiger partial charge is 0.207 e. The van der Waals surface area contributed by atoms with Gasteiger partial charge in [0.2, 0.25) is 0 Å². The Balaban J connectivity index is 2.57. The lowest BCUT2D eigenvalue weighted by Gasteiger charge is -2.12. The van der Waals surface area contributed by atoms with E-state index in [0.717, 1.165) is 30.3 Å². The molecule has 0 spiro atoms. The van der Waals surface area contributed by atoms with Crippen LogP contribution in [-0.2, 0) is 6.18 Å². The Morgan fingerprint density at radius 2 is 1.60 bits per heavy atom. The molecular formula is C14H8F6. The lowest BCUT2D eigenvalue weighted by molar-refractivity contribution is -0.137. The van der Waals surface area contributed by atoms with Gasteiger partial charge in [-0.2, -0.15) is 13.2 Å². The molecule has 0 aliphatic heterocycles. The molecule has 2 rings (SSSR count). The molecule has 0 fully saturated rings. The van der Waals surface area contributed by atoms with E-state index in [2.05, 4.69) is 0 Å². The van der Waals surface area contributed by atoms with Crippen molar-refractivity contribution in [3.8, 4) is 11.1 Å². The van der Waals surface area contributed by atoms with Gasteiger partial charge in [0.25, 0.3) is 6.43 Å². The zero-order chi connectivity index (χ0) is 14.9. The highest BCUT2D eigenvalue weighted by Crippen LogP contribution is 2.35. The summed E-state index contributed by atoms with van der Waals surface area (Å²) in [7, 11) is 0. The van der Waals surface area contributed by atoms with Crippen LogP contribution in [0.2, 0.25) is 0 Å². The minimum atomic E-state index is -4.57. The van der Waals surface area contributed by atoms with Gasteiger partial charge in [-0.25, -0.2) is 13.2 Å². The molecule has 0 saturated carbocycles. The molecule has 0 aromatic heterocycles. The van der Waals surface area contributed by atoms with E-state index in [1.807, 2.05) is 0 Å². The molecule has 0 radical (unpaired) electrons. The van der Waals surface area contributed by atoms with Gasteiger partial charge in [-0.05, 0) is 35.4 Å². The Labute approximate surface area is 110 Å². The standard InChI is InChI=1S/C14H8F6/c15-10-4-5-11(12(7-10)13(16)17)8-2-1-3-9(6-8)14(18,19)20/h1-7,13H. The molecule has 0 unspecified atom stereocenters. The summed E-state index contributed by atoms with van der Waals surface area (Å²) >= 11 is 0. The maximum absolute atomic E-state index is 13.0. The highest BCUT2D eigenvalue weighted by molar-refractivity contribution is 5.68. The normalized spacial score (nSPS) is 11.9. The summed E-state index contributed by atoms with van der Waals surface area (Å²) in [4.78, 5) is 0. The van der Waals surface area contributed by atoms with Gasteiger partial charge < -0.3 is 0 Å². The van der Waals surface area contributed by atoms with Crippen LogP contribution in [0.25, 0.3) is 11.1 Å². The van der Waals surface area contributed by atoms with E-state index < -0.39 is 29.5 Å². The predicted molar refractivity (Wildman–Crippen MR) is 61.8 cm³/mol. The van der Waals surface area contributed by atoms with Crippen LogP contribution in [0.3, 0.4) is 0 Å². The van der Waals surface area contributed by atoms with Crippen molar-refractivity contribution in [2.45, 2.75) is 12.6 Å². The van der Waals surface area contributed by atoms with E-state index >= 15 is 0 Å². The minimum Gasteiger partial charge on any atom is -0.207 e. The SMILES string of the molecule is Fc1ccc(-c2cccc(C(F)(F)F)c2)c(C(F)F)c1. The summed E-state index contributed by atoms with van der Waals surface area (Å²) in [6, 6.07) is 6.60. The number of hydrogen-bond acceptors (Lipinski definition) is 0. The fourth-order valence-corrected chi connectivity index (χ4v) is 1.84. The number of rotatable bonds is 2. The van der Waals surface area contributed by atoms with Gasteiger partial charge in [-0.15, -0.1) is 0 Å². The van der Waals surface area contributed by atoms with Gasteiger partial charge in [0.15, 0.2) is 0 Å². The molecule has 0 aliphatic rings. The quantitative estimate of drug-likeness (QED) is 0.645. The molecule has 0 N–H and O–H groups in total. The molecule has 0 heterocycles. The third-order valence-electron chi connectivity index (χ3n) is 2.75. The van der Waals surface area contributed by atoms with Crippen molar-refractivity contribution in [3.63, 3.8) is 0 Å². The minimum absolute atomic E-state index is 0.0323. The van der Waals surface area contributed by atoms with Crippen LogP contribution >= 0.6 is 0 Å². The first kappa shape index (κ1) is 14.4. The van der Waals surface area contributed by atoms with Gasteiger partial charge in [-0.3, -0.25) is 0 Å². The van der Waals surface area contributed by atoms with Crippen LogP contribution in [0.5, 0.6) is 0 Å². The number of benzene rings is 2. The van der Waals surface area contributed by atoms with Crippen molar-refractivity contribution >= 4 is 0 Å². The third-order valence-corrected chi connectivity index (χ3v) is 2.75. The van der Waals surface area contributed by atoms with Crippen LogP contribution in [-0.4, -0.2) is 0 Å². The number of alkyl halides is 5. The first-order valence-electron chi connectivity index (χ1n) is 5.54. The van der Waals surface area contributed by atoms with E-state index in [-0.39, 0.29) is 11.1 Å². The zero-order valence-electron chi connectivity index (χ0n) is 9.89. The highest BCUT2D eigenvalue weighted by atomic mass is 19.4. The van der Waals surface area contributed by atoms with Crippen molar-refractivity contribution in [1.29, 1.82) is 0 Å². The number of hydrogen-bond donors (Lipinski definition) is 0. The summed E-state index contributed by atoms with van der Waals surface area (Å²) in [5, 5.41) is 0. The van der Waals surface area contributed by atoms with Crippen molar-refractivity contribution in [3.05, 3.63) is 59.4 Å². The summed E-state index contributed by atoms with van der Waals surface area (Å²) in [6.45, 7) is 0. The van der Waals surface area contributed by atoms with Gasteiger partial charge in [0, 0.05) is 5.56 Å². The number of halogens is 6. The molecule has 6 heteroatoms. The first-order chi connectivity index (χ1) is 9.29. The summed E-state index contributed by atoms with van der Waals surface area (Å²) in [6.07, 6.45) is -7.55. The third kappa shape index (κ3) is 2.95. The van der Waals surface area contributed by atoms with E-state index in [0.29, 0.717) is 6.07 Å². The Hall–Kier alpha value is -1.98. The summed E-state index contributed by atoms with van der Waals surface area (Å²) in [5.74, 6) is -0.865. The molecule has 106 valence electrons. The van der Waals surface area contributed by atoms with Gasteiger partial charge >= 0.3 is 6.18 Å². The molecule has 0 saturated heterocycles. The summed E-state index contributed by atoms with van der Waals surface area (Å²) in [5.41, 5.74) is -1.73. The van der Waals surface area contributed by atoms with Crippen LogP contribution in [0.15, 0.2) is 42.5 Å². The molecule has 20 heavy (non-hydrogen) atoms. The van der Waals surface area contributed by atoms with Gasteiger partial charge in [-0.1, -0.05) is 18.2 Å². The molecule has 0 amide bonds. The van der Waals surface area contributed by atoms with Crippen LogP contribution in [0.1, 0.15) is 17.6 Å². The van der Waals surface area contributed by atoms with Gasteiger partial charge in [0.1, 0.15) is 5.82 Å². The average molecular weight is 290 g/mol. The average Bonchev–Trinajstić information content (AvgIpc) is 2.37. The Bertz CT molecular complexity index is 615. The first-order valence-corrected chi connectivity index (χ1v) is 5.54. The molecule has 0 aliphatic carbocycles. The maximum atomic E-state index is 13.0. The monoisotopic (exact) mass is 290 g/mol. The molecular weight excluding hydrogens is 282 g/mol. The predicted octanol–water partition coefficient (Wildman–Crippen LogP) is 5.45. The van der Waals surface area contributed by atoms with E-state index in [4.69, 9.17) is 0 Å². The summed E-state index contributed by atoms with van der Waals surface area (Å²) < 4.78 is 76.5. The largest absolute Gasteiger partial charge is 0.416 e. The zero-order valence-corrected chi connectivity index (χ0v) is 9.89. The molecule has 0 bridgehead atoms. The lowest BCUT2D eigenvalue weighted by atomic mass is 9.98. The van der Waals surface area contributed by atoms with Gasteiger partial charge in [0.05, 0.1) is 5.56 Å². The van der Waals surface area contributed by atoms with Crippen LogP contribution in [0.4, 0.5) is 26.3 Å². The molecule has 2 aromatic carbocycles. The van der Waals surface area contributed by atoms with Crippen molar-refractivity contribution in [2.75, 3.05) is 0 Å². The molecule has 0 atom stereocenters. The topological polar surface area (TPSA) is 0 Å². The second kappa shape index (κ2) is 5.19. The second-order valence-electron chi connectivity index (χ2n) is 4.11. The van der Waals surface area contributed by atoms with Crippen LogP contribution in [0, 0.1) is 5.82 Å². The fraction of sp³-hybridized carbons (Fsp3) is 0.143. The Morgan fingerprint density at radius 3 is 2.20 bits per heavy atom. The molecule has 2 aromatic rings. The highest BCUT2D eigenvalue weighted by Gasteiger charge is 2.30. The van der Waals surface area contributed by atoms with E-state index in [9.17, 15) is 26.3 Å². The van der Waals surface area contributed by atoms with Crippen molar-refractivity contribution < 1.29 is 26.3 Å². The fourth-order valence-electron chi connectivity index (χ4n) is 1.84. The van der Waals surface area contributed by atoms with Crippen molar-refractivity contribution in [2.24, 2.45) is 0 Å². The Morgan fingerprint density at radius 1 is 0.900 bits per heavy atom. The van der Waals surface area contributed by atoms with Crippen LogP contribution < -0.4 is 0 Å².